The molecule has 0 spiro atoms. The number of fused-ring (bicyclic) bond motifs is 1. The lowest BCUT2D eigenvalue weighted by Gasteiger charge is -2.39. The molecule has 2 unspecified atom stereocenters. The summed E-state index contributed by atoms with van der Waals surface area (Å²) in [5.41, 5.74) is 0. The van der Waals surface area contributed by atoms with E-state index in [2.05, 4.69) is 4.99 Å². The molecule has 0 aromatic carbocycles. The van der Waals surface area contributed by atoms with E-state index in [0.717, 1.165) is 70.5 Å². The average molecular weight is 458 g/mol. The Morgan fingerprint density at radius 1 is 1.13 bits per heavy atom. The van der Waals surface area contributed by atoms with E-state index in [9.17, 15) is 13.2 Å². The summed E-state index contributed by atoms with van der Waals surface area (Å²) >= 11 is 0. The first-order valence-electron chi connectivity index (χ1n) is 11.8. The van der Waals surface area contributed by atoms with Crippen molar-refractivity contribution in [2.75, 3.05) is 45.6 Å². The minimum atomic E-state index is -3.12. The maximum atomic E-state index is 12.0. The minimum Gasteiger partial charge on any atom is -0.481 e. The molecular weight excluding hydrogens is 418 g/mol. The van der Waals surface area contributed by atoms with Gasteiger partial charge in [0.1, 0.15) is 0 Å². The van der Waals surface area contributed by atoms with Crippen LogP contribution in [0.15, 0.2) is 4.99 Å². The molecular formula is C22H39N3O5S. The standard InChI is InChI=1S/C22H39N3O5S/c1-17(2)30-22(26)24-12-8-18(9-13-24)6-4-5-15-29-21-20-10-14-25(31(3,27)28)16-19(20)7-11-23-21/h17-20H,4-16H2,1-3H3. The fourth-order valence-corrected chi connectivity index (χ4v) is 5.82. The molecule has 8 nitrogen and oxygen atoms in total. The van der Waals surface area contributed by atoms with E-state index in [1.54, 1.807) is 4.31 Å². The molecule has 9 heteroatoms. The number of hydrogen-bond acceptors (Lipinski definition) is 6. The van der Waals surface area contributed by atoms with Gasteiger partial charge in [0.2, 0.25) is 10.0 Å². The third kappa shape index (κ3) is 7.07. The summed E-state index contributed by atoms with van der Waals surface area (Å²) in [5.74, 6) is 2.10. The molecule has 3 rings (SSSR count). The Kier molecular flexibility index (Phi) is 8.61. The van der Waals surface area contributed by atoms with Crippen molar-refractivity contribution in [2.24, 2.45) is 22.7 Å². The SMILES string of the molecule is CC(C)OC(=O)N1CCC(CCCCOC2=NCCC3CN(S(C)(=O)=O)CCC23)CC1. The first-order valence-corrected chi connectivity index (χ1v) is 13.7. The maximum absolute atomic E-state index is 12.0. The Hall–Kier alpha value is -1.35. The Morgan fingerprint density at radius 2 is 1.87 bits per heavy atom. The van der Waals surface area contributed by atoms with Crippen LogP contribution in [-0.4, -0.2) is 81.3 Å². The van der Waals surface area contributed by atoms with Crippen molar-refractivity contribution < 1.29 is 22.7 Å². The molecule has 0 saturated carbocycles. The summed E-state index contributed by atoms with van der Waals surface area (Å²) in [4.78, 5) is 18.4. The normalized spacial score (nSPS) is 25.8. The third-order valence-electron chi connectivity index (χ3n) is 6.72. The number of carbonyl (C=O) groups excluding carboxylic acids is 1. The van der Waals surface area contributed by atoms with Gasteiger partial charge in [-0.2, -0.15) is 0 Å². The lowest BCUT2D eigenvalue weighted by atomic mass is 9.82. The molecule has 31 heavy (non-hydrogen) atoms. The van der Waals surface area contributed by atoms with Crippen LogP contribution in [0.3, 0.4) is 0 Å². The molecule has 0 N–H and O–H groups in total. The molecule has 1 amide bonds. The molecule has 178 valence electrons. The molecule has 3 aliphatic heterocycles. The van der Waals surface area contributed by atoms with Crippen molar-refractivity contribution >= 4 is 22.0 Å². The van der Waals surface area contributed by atoms with Gasteiger partial charge in [0.15, 0.2) is 5.90 Å². The summed E-state index contributed by atoms with van der Waals surface area (Å²) in [7, 11) is -3.12. The molecule has 2 atom stereocenters. The highest BCUT2D eigenvalue weighted by molar-refractivity contribution is 7.88. The summed E-state index contributed by atoms with van der Waals surface area (Å²) in [6.07, 6.45) is 8.15. The number of nitrogens with zero attached hydrogens (tertiary/aromatic N) is 3. The zero-order valence-electron chi connectivity index (χ0n) is 19.3. The van der Waals surface area contributed by atoms with Crippen LogP contribution in [0.5, 0.6) is 0 Å². The third-order valence-corrected chi connectivity index (χ3v) is 7.99. The van der Waals surface area contributed by atoms with Crippen molar-refractivity contribution in [3.05, 3.63) is 0 Å². The largest absolute Gasteiger partial charge is 0.481 e. The number of sulfonamides is 1. The summed E-state index contributed by atoms with van der Waals surface area (Å²) < 4.78 is 36.6. The zero-order chi connectivity index (χ0) is 22.4. The van der Waals surface area contributed by atoms with Crippen LogP contribution in [-0.2, 0) is 19.5 Å². The van der Waals surface area contributed by atoms with Gasteiger partial charge in [-0.3, -0.25) is 4.99 Å². The van der Waals surface area contributed by atoms with Gasteiger partial charge in [-0.15, -0.1) is 0 Å². The fraction of sp³-hybridized carbons (Fsp3) is 0.909. The number of amides is 1. The van der Waals surface area contributed by atoms with Gasteiger partial charge in [-0.05, 0) is 64.2 Å². The number of hydrogen-bond donors (Lipinski definition) is 0. The molecule has 0 aromatic rings. The topological polar surface area (TPSA) is 88.5 Å². The van der Waals surface area contributed by atoms with E-state index in [1.807, 2.05) is 18.7 Å². The van der Waals surface area contributed by atoms with E-state index in [4.69, 9.17) is 9.47 Å². The lowest BCUT2D eigenvalue weighted by molar-refractivity contribution is 0.0645. The van der Waals surface area contributed by atoms with Crippen LogP contribution >= 0.6 is 0 Å². The van der Waals surface area contributed by atoms with Gasteiger partial charge in [0.05, 0.1) is 19.0 Å². The van der Waals surface area contributed by atoms with Crippen LogP contribution in [0.1, 0.15) is 58.8 Å². The Bertz CT molecular complexity index is 731. The van der Waals surface area contributed by atoms with E-state index in [-0.39, 0.29) is 18.1 Å². The van der Waals surface area contributed by atoms with Gasteiger partial charge in [0, 0.05) is 38.6 Å². The minimum absolute atomic E-state index is 0.0681. The highest BCUT2D eigenvalue weighted by Gasteiger charge is 2.38. The monoisotopic (exact) mass is 457 g/mol. The van der Waals surface area contributed by atoms with Gasteiger partial charge in [-0.25, -0.2) is 17.5 Å². The molecule has 3 aliphatic rings. The van der Waals surface area contributed by atoms with Gasteiger partial charge >= 0.3 is 6.09 Å². The van der Waals surface area contributed by atoms with Crippen molar-refractivity contribution in [1.29, 1.82) is 0 Å². The predicted octanol–water partition coefficient (Wildman–Crippen LogP) is 3.13. The Labute approximate surface area is 187 Å². The summed E-state index contributed by atoms with van der Waals surface area (Å²) in [5, 5.41) is 0. The number of likely N-dealkylation sites (tertiary alicyclic amines) is 1. The second kappa shape index (κ2) is 11.0. The first kappa shape index (κ1) is 24.3. The van der Waals surface area contributed by atoms with Crippen LogP contribution in [0.4, 0.5) is 4.79 Å². The smallest absolute Gasteiger partial charge is 0.410 e. The van der Waals surface area contributed by atoms with E-state index in [1.165, 1.54) is 6.26 Å². The number of aliphatic imine (C=N–C) groups is 1. The zero-order valence-corrected chi connectivity index (χ0v) is 20.1. The predicted molar refractivity (Wildman–Crippen MR) is 121 cm³/mol. The van der Waals surface area contributed by atoms with Crippen molar-refractivity contribution in [3.63, 3.8) is 0 Å². The number of unbranched alkanes of at least 4 members (excludes halogenated alkanes) is 1. The molecule has 2 saturated heterocycles. The van der Waals surface area contributed by atoms with Crippen LogP contribution in [0.2, 0.25) is 0 Å². The van der Waals surface area contributed by atoms with Crippen LogP contribution in [0.25, 0.3) is 0 Å². The highest BCUT2D eigenvalue weighted by Crippen LogP contribution is 2.32. The number of carbonyl (C=O) groups is 1. The number of piperidine rings is 2. The molecule has 0 radical (unpaired) electrons. The maximum Gasteiger partial charge on any atom is 0.410 e. The van der Waals surface area contributed by atoms with Crippen molar-refractivity contribution in [3.8, 4) is 0 Å². The second-order valence-electron chi connectivity index (χ2n) is 9.49. The van der Waals surface area contributed by atoms with E-state index < -0.39 is 10.0 Å². The van der Waals surface area contributed by atoms with Crippen LogP contribution in [0, 0.1) is 17.8 Å². The number of ether oxygens (including phenoxy) is 2. The van der Waals surface area contributed by atoms with Gasteiger partial charge in [0.25, 0.3) is 0 Å². The van der Waals surface area contributed by atoms with Crippen molar-refractivity contribution in [2.45, 2.75) is 64.9 Å². The van der Waals surface area contributed by atoms with E-state index in [0.29, 0.717) is 31.5 Å². The average Bonchev–Trinajstić information content (AvgIpc) is 2.72. The molecule has 2 fully saturated rings. The number of rotatable bonds is 7. The van der Waals surface area contributed by atoms with Gasteiger partial charge < -0.3 is 14.4 Å². The highest BCUT2D eigenvalue weighted by atomic mass is 32.2. The second-order valence-corrected chi connectivity index (χ2v) is 11.5. The molecule has 0 bridgehead atoms. The Balaban J connectivity index is 1.31. The van der Waals surface area contributed by atoms with Gasteiger partial charge in [-0.1, -0.05) is 6.42 Å². The Morgan fingerprint density at radius 3 is 2.55 bits per heavy atom. The van der Waals surface area contributed by atoms with Crippen LogP contribution < -0.4 is 0 Å². The lowest BCUT2D eigenvalue weighted by Crippen LogP contribution is -2.47. The molecule has 0 aliphatic carbocycles. The summed E-state index contributed by atoms with van der Waals surface area (Å²) in [6, 6.07) is 0. The van der Waals surface area contributed by atoms with E-state index >= 15 is 0 Å². The van der Waals surface area contributed by atoms with Crippen molar-refractivity contribution in [1.82, 2.24) is 9.21 Å². The molecule has 0 aromatic heterocycles. The summed E-state index contributed by atoms with van der Waals surface area (Å²) in [6.45, 7) is 7.90. The fourth-order valence-electron chi connectivity index (χ4n) is 4.92. The quantitative estimate of drug-likeness (QED) is 0.548. The first-order chi connectivity index (χ1) is 14.7. The molecule has 3 heterocycles.